The normalized spacial score (nSPS) is 11.2. The quantitative estimate of drug-likeness (QED) is 0.461. The largest absolute Gasteiger partial charge is 0.325 e. The van der Waals surface area contributed by atoms with E-state index in [1.807, 2.05) is 24.3 Å². The first kappa shape index (κ1) is 22.8. The maximum absolute atomic E-state index is 13.3. The molecule has 0 fully saturated rings. The molecule has 162 valence electrons. The number of nitrogens with one attached hydrogen (secondary N) is 1. The van der Waals surface area contributed by atoms with Crippen LogP contribution in [0.4, 0.5) is 11.4 Å². The summed E-state index contributed by atoms with van der Waals surface area (Å²) in [7, 11) is -3.96. The molecule has 0 saturated carbocycles. The topological polar surface area (TPSA) is 66.5 Å². The van der Waals surface area contributed by atoms with Crippen LogP contribution in [-0.4, -0.2) is 20.9 Å². The van der Waals surface area contributed by atoms with E-state index in [-0.39, 0.29) is 11.4 Å². The molecule has 0 aromatic heterocycles. The number of amides is 1. The third kappa shape index (κ3) is 6.09. The highest BCUT2D eigenvalue weighted by Crippen LogP contribution is 2.24. The number of hydrogen-bond acceptors (Lipinski definition) is 3. The molecule has 0 heterocycles. The van der Waals surface area contributed by atoms with E-state index in [1.165, 1.54) is 29.8 Å². The van der Waals surface area contributed by atoms with E-state index in [0.717, 1.165) is 23.6 Å². The molecule has 5 nitrogen and oxygen atoms in total. The zero-order valence-corrected chi connectivity index (χ0v) is 18.9. The number of carbonyl (C=O) groups is 1. The second-order valence-corrected chi connectivity index (χ2v) is 9.45. The molecular formula is C24H25ClN2O3S. The van der Waals surface area contributed by atoms with Crippen LogP contribution in [0, 0.1) is 0 Å². The molecule has 7 heteroatoms. The minimum atomic E-state index is -3.96. The summed E-state index contributed by atoms with van der Waals surface area (Å²) in [6.45, 7) is 1.79. The first-order chi connectivity index (χ1) is 14.9. The zero-order chi connectivity index (χ0) is 22.3. The van der Waals surface area contributed by atoms with Crippen LogP contribution >= 0.6 is 11.6 Å². The van der Waals surface area contributed by atoms with Crippen molar-refractivity contribution in [2.45, 2.75) is 31.1 Å². The van der Waals surface area contributed by atoms with Gasteiger partial charge in [-0.3, -0.25) is 9.10 Å². The molecule has 31 heavy (non-hydrogen) atoms. The lowest BCUT2D eigenvalue weighted by Crippen LogP contribution is -2.38. The van der Waals surface area contributed by atoms with Crippen LogP contribution in [0.2, 0.25) is 5.02 Å². The first-order valence-electron chi connectivity index (χ1n) is 10.1. The van der Waals surface area contributed by atoms with E-state index >= 15 is 0 Å². The highest BCUT2D eigenvalue weighted by molar-refractivity contribution is 7.92. The maximum Gasteiger partial charge on any atom is 0.264 e. The number of halogens is 1. The standard InChI is InChI=1S/C24H25ClN2O3S/c1-2-3-7-19-10-14-21(15-11-19)26-24(28)18-27(22-8-5-4-6-9-22)31(29,30)23-16-12-20(25)13-17-23/h4-6,8-17H,2-3,7,18H2,1H3,(H,26,28). The van der Waals surface area contributed by atoms with Gasteiger partial charge in [-0.2, -0.15) is 0 Å². The number of hydrogen-bond donors (Lipinski definition) is 1. The Morgan fingerprint density at radius 3 is 2.19 bits per heavy atom. The molecule has 1 N–H and O–H groups in total. The van der Waals surface area contributed by atoms with Crippen LogP contribution in [0.5, 0.6) is 0 Å². The summed E-state index contributed by atoms with van der Waals surface area (Å²) in [6.07, 6.45) is 3.22. The lowest BCUT2D eigenvalue weighted by Gasteiger charge is -2.24. The fourth-order valence-corrected chi connectivity index (χ4v) is 4.66. The highest BCUT2D eigenvalue weighted by Gasteiger charge is 2.27. The number of carbonyl (C=O) groups excluding carboxylic acids is 1. The minimum Gasteiger partial charge on any atom is -0.325 e. The van der Waals surface area contributed by atoms with Crippen molar-refractivity contribution in [2.24, 2.45) is 0 Å². The van der Waals surface area contributed by atoms with Crippen LogP contribution in [0.25, 0.3) is 0 Å². The fourth-order valence-electron chi connectivity index (χ4n) is 3.11. The zero-order valence-electron chi connectivity index (χ0n) is 17.3. The monoisotopic (exact) mass is 456 g/mol. The van der Waals surface area contributed by atoms with Crippen molar-refractivity contribution in [3.05, 3.63) is 89.4 Å². The smallest absolute Gasteiger partial charge is 0.264 e. The van der Waals surface area contributed by atoms with Gasteiger partial charge in [0, 0.05) is 10.7 Å². The van der Waals surface area contributed by atoms with Gasteiger partial charge in [0.1, 0.15) is 6.54 Å². The Kier molecular flexibility index (Phi) is 7.71. The molecular weight excluding hydrogens is 432 g/mol. The van der Waals surface area contributed by atoms with E-state index < -0.39 is 15.9 Å². The van der Waals surface area contributed by atoms with E-state index in [1.54, 1.807) is 30.3 Å². The summed E-state index contributed by atoms with van der Waals surface area (Å²) in [5.74, 6) is -0.428. The van der Waals surface area contributed by atoms with Crippen LogP contribution in [-0.2, 0) is 21.2 Å². The van der Waals surface area contributed by atoms with Crippen molar-refractivity contribution < 1.29 is 13.2 Å². The van der Waals surface area contributed by atoms with E-state index in [4.69, 9.17) is 11.6 Å². The van der Waals surface area contributed by atoms with Gasteiger partial charge in [-0.25, -0.2) is 8.42 Å². The van der Waals surface area contributed by atoms with Crippen LogP contribution in [0.1, 0.15) is 25.3 Å². The summed E-state index contributed by atoms with van der Waals surface area (Å²) < 4.78 is 27.7. The maximum atomic E-state index is 13.3. The van der Waals surface area contributed by atoms with Crippen molar-refractivity contribution in [3.8, 4) is 0 Å². The molecule has 0 bridgehead atoms. The number of aryl methyl sites for hydroxylation is 1. The van der Waals surface area contributed by atoms with Gasteiger partial charge in [0.15, 0.2) is 0 Å². The van der Waals surface area contributed by atoms with E-state index in [0.29, 0.717) is 16.4 Å². The Labute approximate surface area is 188 Å². The number of benzene rings is 3. The molecule has 0 unspecified atom stereocenters. The Balaban J connectivity index is 1.80. The summed E-state index contributed by atoms with van der Waals surface area (Å²) in [5, 5.41) is 3.23. The van der Waals surface area contributed by atoms with E-state index in [2.05, 4.69) is 12.2 Å². The van der Waals surface area contributed by atoms with Gasteiger partial charge in [0.05, 0.1) is 10.6 Å². The van der Waals surface area contributed by atoms with Gasteiger partial charge in [0.25, 0.3) is 10.0 Å². The number of unbranched alkanes of at least 4 members (excludes halogenated alkanes) is 1. The van der Waals surface area contributed by atoms with Crippen LogP contribution in [0.3, 0.4) is 0 Å². The fraction of sp³-hybridized carbons (Fsp3) is 0.208. The van der Waals surface area contributed by atoms with Gasteiger partial charge < -0.3 is 5.32 Å². The Morgan fingerprint density at radius 1 is 0.935 bits per heavy atom. The van der Waals surface area contributed by atoms with Crippen LogP contribution in [0.15, 0.2) is 83.8 Å². The van der Waals surface area contributed by atoms with Crippen molar-refractivity contribution >= 4 is 38.9 Å². The average molecular weight is 457 g/mol. The van der Waals surface area contributed by atoms with Crippen molar-refractivity contribution in [3.63, 3.8) is 0 Å². The first-order valence-corrected chi connectivity index (χ1v) is 11.9. The van der Waals surface area contributed by atoms with Gasteiger partial charge in [-0.1, -0.05) is 55.3 Å². The van der Waals surface area contributed by atoms with Gasteiger partial charge in [-0.15, -0.1) is 0 Å². The predicted octanol–water partition coefficient (Wildman–Crippen LogP) is 5.52. The minimum absolute atomic E-state index is 0.0637. The molecule has 0 aliphatic rings. The second kappa shape index (κ2) is 10.5. The SMILES string of the molecule is CCCCc1ccc(NC(=O)CN(c2ccccc2)S(=O)(=O)c2ccc(Cl)cc2)cc1. The van der Waals surface area contributed by atoms with Crippen molar-refractivity contribution in [1.29, 1.82) is 0 Å². The summed E-state index contributed by atoms with van der Waals surface area (Å²) in [6, 6.07) is 22.1. The molecule has 3 aromatic rings. The van der Waals surface area contributed by atoms with Crippen LogP contribution < -0.4 is 9.62 Å². The predicted molar refractivity (Wildman–Crippen MR) is 126 cm³/mol. The molecule has 1 amide bonds. The molecule has 3 aromatic carbocycles. The number of para-hydroxylation sites is 1. The molecule has 0 atom stereocenters. The number of rotatable bonds is 9. The molecule has 3 rings (SSSR count). The Hall–Kier alpha value is -2.83. The molecule has 0 saturated heterocycles. The molecule has 0 spiro atoms. The third-order valence-corrected chi connectivity index (χ3v) is 6.83. The lowest BCUT2D eigenvalue weighted by atomic mass is 10.1. The summed E-state index contributed by atoms with van der Waals surface area (Å²) in [5.41, 5.74) is 2.24. The number of sulfonamides is 1. The lowest BCUT2D eigenvalue weighted by molar-refractivity contribution is -0.114. The van der Waals surface area contributed by atoms with Crippen molar-refractivity contribution in [2.75, 3.05) is 16.2 Å². The molecule has 0 radical (unpaired) electrons. The molecule has 0 aliphatic carbocycles. The van der Waals surface area contributed by atoms with Gasteiger partial charge in [-0.05, 0) is 66.9 Å². The Bertz CT molecular complexity index is 1100. The van der Waals surface area contributed by atoms with Gasteiger partial charge in [0.2, 0.25) is 5.91 Å². The summed E-state index contributed by atoms with van der Waals surface area (Å²) >= 11 is 5.90. The third-order valence-electron chi connectivity index (χ3n) is 4.79. The molecule has 0 aliphatic heterocycles. The average Bonchev–Trinajstić information content (AvgIpc) is 2.78. The van der Waals surface area contributed by atoms with Gasteiger partial charge >= 0.3 is 0 Å². The van der Waals surface area contributed by atoms with E-state index in [9.17, 15) is 13.2 Å². The van der Waals surface area contributed by atoms with Crippen molar-refractivity contribution in [1.82, 2.24) is 0 Å². The summed E-state index contributed by atoms with van der Waals surface area (Å²) in [4.78, 5) is 12.8. The Morgan fingerprint density at radius 2 is 1.58 bits per heavy atom. The highest BCUT2D eigenvalue weighted by atomic mass is 35.5. The second-order valence-electron chi connectivity index (χ2n) is 7.15. The number of nitrogens with zero attached hydrogens (tertiary/aromatic N) is 1. The number of anilines is 2.